The normalized spacial score (nSPS) is 14.5. The van der Waals surface area contributed by atoms with Crippen LogP contribution >= 0.6 is 0 Å². The van der Waals surface area contributed by atoms with Crippen molar-refractivity contribution >= 4 is 21.6 Å². The Kier molecular flexibility index (Phi) is 5.16. The topological polar surface area (TPSA) is 75.3 Å². The second-order valence-corrected chi connectivity index (χ2v) is 8.82. The minimum atomic E-state index is -3.59. The Morgan fingerprint density at radius 2 is 1.73 bits per heavy atom. The summed E-state index contributed by atoms with van der Waals surface area (Å²) < 4.78 is 27.4. The van der Waals surface area contributed by atoms with Gasteiger partial charge in [0.2, 0.25) is 10.0 Å². The van der Waals surface area contributed by atoms with Gasteiger partial charge in [-0.05, 0) is 61.1 Å². The van der Waals surface area contributed by atoms with Gasteiger partial charge in [0, 0.05) is 17.3 Å². The van der Waals surface area contributed by atoms with E-state index in [2.05, 4.69) is 23.9 Å². The van der Waals surface area contributed by atoms with Crippen LogP contribution in [0.15, 0.2) is 47.4 Å². The highest BCUT2D eigenvalue weighted by molar-refractivity contribution is 7.89. The van der Waals surface area contributed by atoms with E-state index in [9.17, 15) is 13.2 Å². The van der Waals surface area contributed by atoms with Crippen molar-refractivity contribution in [3.8, 4) is 0 Å². The summed E-state index contributed by atoms with van der Waals surface area (Å²) in [5.41, 5.74) is 2.96. The number of sulfonamides is 1. The molecule has 2 aromatic carbocycles. The van der Waals surface area contributed by atoms with Gasteiger partial charge in [-0.3, -0.25) is 4.79 Å². The number of amides is 1. The van der Waals surface area contributed by atoms with Gasteiger partial charge in [-0.2, -0.15) is 0 Å². The second kappa shape index (κ2) is 7.21. The smallest absolute Gasteiger partial charge is 0.255 e. The number of carbonyl (C=O) groups is 1. The lowest BCUT2D eigenvalue weighted by Gasteiger charge is -2.12. The third-order valence-corrected chi connectivity index (χ3v) is 6.02. The maximum atomic E-state index is 12.6. The highest BCUT2D eigenvalue weighted by atomic mass is 32.2. The highest BCUT2D eigenvalue weighted by Crippen LogP contribution is 2.24. The summed E-state index contributed by atoms with van der Waals surface area (Å²) in [4.78, 5) is 12.8. The molecule has 1 amide bonds. The van der Waals surface area contributed by atoms with Gasteiger partial charge in [-0.1, -0.05) is 32.0 Å². The molecule has 5 nitrogen and oxygen atoms in total. The van der Waals surface area contributed by atoms with Crippen molar-refractivity contribution in [2.24, 2.45) is 0 Å². The fourth-order valence-electron chi connectivity index (χ4n) is 2.65. The van der Waals surface area contributed by atoms with Crippen molar-refractivity contribution < 1.29 is 13.2 Å². The number of nitrogens with one attached hydrogen (secondary N) is 2. The van der Waals surface area contributed by atoms with Crippen molar-refractivity contribution in [2.75, 3.05) is 5.32 Å². The Hall–Kier alpha value is -2.18. The van der Waals surface area contributed by atoms with Crippen molar-refractivity contribution in [3.05, 3.63) is 59.2 Å². The van der Waals surface area contributed by atoms with E-state index < -0.39 is 10.0 Å². The summed E-state index contributed by atoms with van der Waals surface area (Å²) in [6.45, 7) is 6.01. The molecule has 0 bridgehead atoms. The zero-order valence-electron chi connectivity index (χ0n) is 15.2. The lowest BCUT2D eigenvalue weighted by Crippen LogP contribution is -2.26. The van der Waals surface area contributed by atoms with Crippen LogP contribution in [0.3, 0.4) is 0 Å². The molecule has 1 aliphatic carbocycles. The lowest BCUT2D eigenvalue weighted by molar-refractivity contribution is 0.102. The Morgan fingerprint density at radius 1 is 1.08 bits per heavy atom. The van der Waals surface area contributed by atoms with Crippen molar-refractivity contribution in [2.45, 2.75) is 50.5 Å². The molecule has 0 radical (unpaired) electrons. The van der Waals surface area contributed by atoms with Crippen LogP contribution in [0.2, 0.25) is 0 Å². The summed E-state index contributed by atoms with van der Waals surface area (Å²) in [5.74, 6) is 0.103. The monoisotopic (exact) mass is 372 g/mol. The first kappa shape index (κ1) is 18.6. The van der Waals surface area contributed by atoms with Crippen LogP contribution in [-0.2, 0) is 10.0 Å². The molecule has 0 unspecified atom stereocenters. The Morgan fingerprint density at radius 3 is 2.31 bits per heavy atom. The number of carbonyl (C=O) groups excluding carboxylic acids is 1. The van der Waals surface area contributed by atoms with Crippen molar-refractivity contribution in [3.63, 3.8) is 0 Å². The number of hydrogen-bond acceptors (Lipinski definition) is 3. The van der Waals surface area contributed by atoms with E-state index in [1.807, 2.05) is 24.3 Å². The zero-order chi connectivity index (χ0) is 18.9. The van der Waals surface area contributed by atoms with E-state index in [1.165, 1.54) is 17.7 Å². The highest BCUT2D eigenvalue weighted by Gasteiger charge is 2.28. The molecular weight excluding hydrogens is 348 g/mol. The fraction of sp³-hybridized carbons (Fsp3) is 0.350. The SMILES string of the molecule is Cc1ccc(S(=O)(=O)NC2CC2)cc1C(=O)Nc1ccc(C(C)C)cc1. The molecule has 0 heterocycles. The maximum absolute atomic E-state index is 12.6. The minimum Gasteiger partial charge on any atom is -0.322 e. The summed E-state index contributed by atoms with van der Waals surface area (Å²) in [7, 11) is -3.59. The van der Waals surface area contributed by atoms with Crippen LogP contribution in [0.25, 0.3) is 0 Å². The largest absolute Gasteiger partial charge is 0.322 e. The average Bonchev–Trinajstić information content (AvgIpc) is 3.38. The van der Waals surface area contributed by atoms with Gasteiger partial charge in [0.15, 0.2) is 0 Å². The molecule has 1 aliphatic rings. The molecule has 1 fully saturated rings. The standard InChI is InChI=1S/C20H24N2O3S/c1-13(2)15-5-7-16(8-6-15)21-20(23)19-12-18(11-4-14(19)3)26(24,25)22-17-9-10-17/h4-8,11-13,17,22H,9-10H2,1-3H3,(H,21,23). The maximum Gasteiger partial charge on any atom is 0.255 e. The van der Waals surface area contributed by atoms with Crippen molar-refractivity contribution in [1.29, 1.82) is 0 Å². The first-order valence-electron chi connectivity index (χ1n) is 8.80. The van der Waals surface area contributed by atoms with Gasteiger partial charge in [-0.25, -0.2) is 13.1 Å². The van der Waals surface area contributed by atoms with Gasteiger partial charge in [-0.15, -0.1) is 0 Å². The van der Waals surface area contributed by atoms with E-state index in [0.29, 0.717) is 17.2 Å². The molecule has 0 spiro atoms. The van der Waals surface area contributed by atoms with Gasteiger partial charge in [0.25, 0.3) is 5.91 Å². The van der Waals surface area contributed by atoms with Crippen LogP contribution in [0.1, 0.15) is 54.1 Å². The van der Waals surface area contributed by atoms with Gasteiger partial charge in [0.05, 0.1) is 4.90 Å². The van der Waals surface area contributed by atoms with E-state index >= 15 is 0 Å². The van der Waals surface area contributed by atoms with E-state index in [1.54, 1.807) is 13.0 Å². The minimum absolute atomic E-state index is 0.0260. The number of hydrogen-bond donors (Lipinski definition) is 2. The quantitative estimate of drug-likeness (QED) is 0.810. The van der Waals surface area contributed by atoms with Gasteiger partial charge in [0.1, 0.15) is 0 Å². The number of anilines is 1. The lowest BCUT2D eigenvalue weighted by atomic mass is 10.0. The average molecular weight is 372 g/mol. The third kappa shape index (κ3) is 4.31. The Bertz CT molecular complexity index is 915. The second-order valence-electron chi connectivity index (χ2n) is 7.10. The van der Waals surface area contributed by atoms with E-state index in [0.717, 1.165) is 18.4 Å². The first-order valence-corrected chi connectivity index (χ1v) is 10.3. The van der Waals surface area contributed by atoms with E-state index in [-0.39, 0.29) is 16.8 Å². The molecule has 0 aliphatic heterocycles. The predicted molar refractivity (Wildman–Crippen MR) is 103 cm³/mol. The Labute approximate surface area is 154 Å². The fourth-order valence-corrected chi connectivity index (χ4v) is 3.98. The summed E-state index contributed by atoms with van der Waals surface area (Å²) >= 11 is 0. The molecule has 3 rings (SSSR count). The summed E-state index contributed by atoms with van der Waals surface area (Å²) in [6, 6.07) is 12.3. The van der Waals surface area contributed by atoms with Crippen LogP contribution in [0.4, 0.5) is 5.69 Å². The number of benzene rings is 2. The van der Waals surface area contributed by atoms with Crippen LogP contribution in [0.5, 0.6) is 0 Å². The molecule has 0 aromatic heterocycles. The summed E-state index contributed by atoms with van der Waals surface area (Å²) in [6.07, 6.45) is 1.73. The molecule has 138 valence electrons. The van der Waals surface area contributed by atoms with E-state index in [4.69, 9.17) is 0 Å². The molecule has 1 saturated carbocycles. The molecule has 2 N–H and O–H groups in total. The van der Waals surface area contributed by atoms with Crippen LogP contribution in [0, 0.1) is 6.92 Å². The van der Waals surface area contributed by atoms with Crippen LogP contribution < -0.4 is 10.0 Å². The molecular formula is C20H24N2O3S. The third-order valence-electron chi connectivity index (χ3n) is 4.50. The Balaban J connectivity index is 1.81. The molecule has 26 heavy (non-hydrogen) atoms. The van der Waals surface area contributed by atoms with Gasteiger partial charge >= 0.3 is 0 Å². The molecule has 2 aromatic rings. The van der Waals surface area contributed by atoms with Crippen LogP contribution in [-0.4, -0.2) is 20.4 Å². The summed E-state index contributed by atoms with van der Waals surface area (Å²) in [5, 5.41) is 2.84. The van der Waals surface area contributed by atoms with Crippen molar-refractivity contribution in [1.82, 2.24) is 4.72 Å². The molecule has 0 atom stereocenters. The number of rotatable bonds is 6. The molecule has 0 saturated heterocycles. The first-order chi connectivity index (χ1) is 12.3. The predicted octanol–water partition coefficient (Wildman–Crippen LogP) is 3.81. The zero-order valence-corrected chi connectivity index (χ0v) is 16.1. The molecule has 6 heteroatoms. The van der Waals surface area contributed by atoms with Gasteiger partial charge < -0.3 is 5.32 Å². The number of aryl methyl sites for hydroxylation is 1.